The zero-order valence-corrected chi connectivity index (χ0v) is 20.4. The summed E-state index contributed by atoms with van der Waals surface area (Å²) in [7, 11) is 0. The SMILES string of the molecule is C=CCn1c(C)c(CC(=O)Nc2nc(C)c(C(=O)OCC)s2)c(=O)n2nc(-c3ccccc3)nc12. The van der Waals surface area contributed by atoms with Crippen LogP contribution in [-0.4, -0.2) is 42.6 Å². The van der Waals surface area contributed by atoms with Crippen LogP contribution in [0.1, 0.15) is 33.5 Å². The number of thiazole rings is 1. The molecule has 11 heteroatoms. The van der Waals surface area contributed by atoms with Crippen LogP contribution < -0.4 is 10.9 Å². The van der Waals surface area contributed by atoms with E-state index in [0.717, 1.165) is 16.9 Å². The van der Waals surface area contributed by atoms with E-state index in [0.29, 0.717) is 34.4 Å². The summed E-state index contributed by atoms with van der Waals surface area (Å²) in [5.74, 6) is -0.157. The minimum atomic E-state index is -0.489. The van der Waals surface area contributed by atoms with E-state index in [1.54, 1.807) is 31.4 Å². The Bertz CT molecular complexity index is 1490. The molecule has 1 aromatic carbocycles. The van der Waals surface area contributed by atoms with E-state index in [-0.39, 0.29) is 23.7 Å². The van der Waals surface area contributed by atoms with E-state index in [4.69, 9.17) is 4.74 Å². The summed E-state index contributed by atoms with van der Waals surface area (Å²) in [6, 6.07) is 9.34. The number of amides is 1. The highest BCUT2D eigenvalue weighted by atomic mass is 32.1. The van der Waals surface area contributed by atoms with Crippen molar-refractivity contribution in [1.82, 2.24) is 24.1 Å². The Morgan fingerprint density at radius 1 is 1.20 bits per heavy atom. The van der Waals surface area contributed by atoms with Gasteiger partial charge in [-0.2, -0.15) is 9.50 Å². The second kappa shape index (κ2) is 10.0. The Morgan fingerprint density at radius 2 is 1.94 bits per heavy atom. The second-order valence-electron chi connectivity index (χ2n) is 7.66. The van der Waals surface area contributed by atoms with Crippen LogP contribution in [0.3, 0.4) is 0 Å². The van der Waals surface area contributed by atoms with Crippen molar-refractivity contribution >= 4 is 34.1 Å². The van der Waals surface area contributed by atoms with Crippen molar-refractivity contribution in [3.8, 4) is 11.4 Å². The van der Waals surface area contributed by atoms with E-state index < -0.39 is 17.4 Å². The van der Waals surface area contributed by atoms with Crippen molar-refractivity contribution in [3.63, 3.8) is 0 Å². The first-order chi connectivity index (χ1) is 16.8. The maximum Gasteiger partial charge on any atom is 0.350 e. The number of aryl methyl sites for hydroxylation is 1. The Morgan fingerprint density at radius 3 is 2.63 bits per heavy atom. The summed E-state index contributed by atoms with van der Waals surface area (Å²) < 4.78 is 8.03. The summed E-state index contributed by atoms with van der Waals surface area (Å²) in [6.45, 7) is 9.56. The third-order valence-corrected chi connectivity index (χ3v) is 6.36. The first-order valence-electron chi connectivity index (χ1n) is 10.9. The second-order valence-corrected chi connectivity index (χ2v) is 8.66. The molecule has 0 spiro atoms. The summed E-state index contributed by atoms with van der Waals surface area (Å²) >= 11 is 1.03. The molecule has 35 heavy (non-hydrogen) atoms. The molecule has 0 saturated heterocycles. The smallest absolute Gasteiger partial charge is 0.350 e. The van der Waals surface area contributed by atoms with Crippen LogP contribution in [0.5, 0.6) is 0 Å². The number of esters is 1. The lowest BCUT2D eigenvalue weighted by atomic mass is 10.1. The van der Waals surface area contributed by atoms with Crippen molar-refractivity contribution in [2.75, 3.05) is 11.9 Å². The van der Waals surface area contributed by atoms with Crippen LogP contribution in [0, 0.1) is 13.8 Å². The van der Waals surface area contributed by atoms with Crippen molar-refractivity contribution in [2.24, 2.45) is 0 Å². The molecule has 0 unspecified atom stereocenters. The Hall–Kier alpha value is -4.12. The maximum absolute atomic E-state index is 13.3. The minimum Gasteiger partial charge on any atom is -0.462 e. The molecule has 10 nitrogen and oxygen atoms in total. The Kier molecular flexibility index (Phi) is 6.87. The number of nitrogens with one attached hydrogen (secondary N) is 1. The van der Waals surface area contributed by atoms with Crippen LogP contribution in [0.25, 0.3) is 17.2 Å². The number of allylic oxidation sites excluding steroid dienone is 1. The number of rotatable bonds is 8. The van der Waals surface area contributed by atoms with Gasteiger partial charge in [0.05, 0.1) is 18.7 Å². The predicted octanol–water partition coefficient (Wildman–Crippen LogP) is 3.18. The molecular weight excluding hydrogens is 468 g/mol. The normalized spacial score (nSPS) is 10.9. The molecule has 0 aliphatic rings. The first kappa shape index (κ1) is 24.0. The number of hydrogen-bond donors (Lipinski definition) is 1. The van der Waals surface area contributed by atoms with Crippen molar-refractivity contribution in [3.05, 3.63) is 75.2 Å². The molecule has 0 aliphatic heterocycles. The molecule has 4 aromatic rings. The van der Waals surface area contributed by atoms with E-state index in [9.17, 15) is 14.4 Å². The molecule has 1 N–H and O–H groups in total. The highest BCUT2D eigenvalue weighted by molar-refractivity contribution is 7.17. The van der Waals surface area contributed by atoms with Crippen molar-refractivity contribution in [2.45, 2.75) is 33.7 Å². The molecule has 0 radical (unpaired) electrons. The van der Waals surface area contributed by atoms with Crippen LogP contribution in [0.15, 0.2) is 47.8 Å². The van der Waals surface area contributed by atoms with Gasteiger partial charge in [0.15, 0.2) is 11.0 Å². The van der Waals surface area contributed by atoms with E-state index >= 15 is 0 Å². The molecule has 3 heterocycles. The molecule has 180 valence electrons. The van der Waals surface area contributed by atoms with Gasteiger partial charge in [0.25, 0.3) is 5.56 Å². The van der Waals surface area contributed by atoms with Gasteiger partial charge in [0.2, 0.25) is 11.7 Å². The molecule has 0 fully saturated rings. The number of anilines is 1. The molecule has 1 amide bonds. The molecule has 3 aromatic heterocycles. The molecule has 0 saturated carbocycles. The molecule has 0 aliphatic carbocycles. The molecule has 4 rings (SSSR count). The third-order valence-electron chi connectivity index (χ3n) is 5.31. The van der Waals surface area contributed by atoms with Gasteiger partial charge in [-0.05, 0) is 20.8 Å². The number of benzene rings is 1. The first-order valence-corrected chi connectivity index (χ1v) is 11.7. The van der Waals surface area contributed by atoms with Crippen LogP contribution in [0.2, 0.25) is 0 Å². The number of nitrogens with zero attached hydrogens (tertiary/aromatic N) is 5. The van der Waals surface area contributed by atoms with Crippen molar-refractivity contribution < 1.29 is 14.3 Å². The topological polar surface area (TPSA) is 120 Å². The van der Waals surface area contributed by atoms with E-state index in [2.05, 4.69) is 27.0 Å². The number of carbonyl (C=O) groups excluding carboxylic acids is 2. The fraction of sp³-hybridized carbons (Fsp3) is 0.250. The third kappa shape index (κ3) is 4.76. The lowest BCUT2D eigenvalue weighted by Gasteiger charge is -2.13. The highest BCUT2D eigenvalue weighted by Crippen LogP contribution is 2.24. The van der Waals surface area contributed by atoms with Gasteiger partial charge in [0, 0.05) is 23.4 Å². The predicted molar refractivity (Wildman–Crippen MR) is 133 cm³/mol. The van der Waals surface area contributed by atoms with Gasteiger partial charge in [0.1, 0.15) is 4.88 Å². The van der Waals surface area contributed by atoms with Crippen LogP contribution in [0.4, 0.5) is 5.13 Å². The average molecular weight is 493 g/mol. The summed E-state index contributed by atoms with van der Waals surface area (Å²) in [6.07, 6.45) is 1.49. The van der Waals surface area contributed by atoms with Crippen molar-refractivity contribution in [1.29, 1.82) is 0 Å². The number of carbonyl (C=O) groups is 2. The number of ether oxygens (including phenoxy) is 1. The number of fused-ring (bicyclic) bond motifs is 1. The summed E-state index contributed by atoms with van der Waals surface area (Å²) in [4.78, 5) is 47.4. The monoisotopic (exact) mass is 492 g/mol. The quantitative estimate of drug-likeness (QED) is 0.296. The average Bonchev–Trinajstić information content (AvgIpc) is 3.44. The number of hydrogen-bond acceptors (Lipinski definition) is 8. The fourth-order valence-electron chi connectivity index (χ4n) is 3.63. The number of aromatic nitrogens is 5. The minimum absolute atomic E-state index is 0.203. The van der Waals surface area contributed by atoms with Gasteiger partial charge >= 0.3 is 5.97 Å². The molecular formula is C24H24N6O4S. The highest BCUT2D eigenvalue weighted by Gasteiger charge is 2.22. The van der Waals surface area contributed by atoms with E-state index in [1.165, 1.54) is 4.52 Å². The fourth-order valence-corrected chi connectivity index (χ4v) is 4.51. The lowest BCUT2D eigenvalue weighted by molar-refractivity contribution is -0.115. The molecule has 0 bridgehead atoms. The van der Waals surface area contributed by atoms with Gasteiger partial charge in [-0.15, -0.1) is 11.7 Å². The molecule has 0 atom stereocenters. The largest absolute Gasteiger partial charge is 0.462 e. The zero-order valence-electron chi connectivity index (χ0n) is 19.6. The zero-order chi connectivity index (χ0) is 25.1. The maximum atomic E-state index is 13.3. The standard InChI is InChI=1S/C24H24N6O4S/c1-5-12-29-15(4)17(13-18(31)26-23-25-14(3)19(35-23)22(33)34-6-2)21(32)30-24(29)27-20(28-30)16-10-8-7-9-11-16/h5,7-11H,1,6,12-13H2,2-4H3,(H,25,26,31). The van der Waals surface area contributed by atoms with Gasteiger partial charge < -0.3 is 14.6 Å². The Labute approximate surface area is 204 Å². The van der Waals surface area contributed by atoms with Crippen LogP contribution >= 0.6 is 11.3 Å². The van der Waals surface area contributed by atoms with Gasteiger partial charge in [-0.25, -0.2) is 9.78 Å². The summed E-state index contributed by atoms with van der Waals surface area (Å²) in [5, 5.41) is 7.35. The van der Waals surface area contributed by atoms with Crippen LogP contribution in [-0.2, 0) is 22.5 Å². The summed E-state index contributed by atoms with van der Waals surface area (Å²) in [5.41, 5.74) is 1.68. The van der Waals surface area contributed by atoms with Gasteiger partial charge in [-0.1, -0.05) is 47.7 Å². The lowest BCUT2D eigenvalue weighted by Crippen LogP contribution is -2.29. The van der Waals surface area contributed by atoms with E-state index in [1.807, 2.05) is 30.3 Å². The Balaban J connectivity index is 1.68. The van der Waals surface area contributed by atoms with Gasteiger partial charge in [-0.3, -0.25) is 9.59 Å².